The highest BCUT2D eigenvalue weighted by atomic mass is 16.2. The monoisotopic (exact) mass is 354 g/mol. The van der Waals surface area contributed by atoms with Crippen LogP contribution in [0, 0.1) is 5.92 Å². The van der Waals surface area contributed by atoms with Crippen molar-refractivity contribution in [3.05, 3.63) is 60.2 Å². The molecule has 0 aliphatic carbocycles. The van der Waals surface area contributed by atoms with Gasteiger partial charge in [0.05, 0.1) is 0 Å². The first-order valence-electron chi connectivity index (χ1n) is 8.20. The predicted molar refractivity (Wildman–Crippen MR) is 101 cm³/mol. The molecule has 1 atom stereocenters. The molecule has 0 aromatic heterocycles. The number of amides is 4. The van der Waals surface area contributed by atoms with Crippen molar-refractivity contribution in [2.45, 2.75) is 19.9 Å². The van der Waals surface area contributed by atoms with Crippen LogP contribution in [0.2, 0.25) is 0 Å². The molecule has 2 rings (SSSR count). The third-order valence-corrected chi connectivity index (χ3v) is 3.70. The highest BCUT2D eigenvalue weighted by Crippen LogP contribution is 2.12. The molecule has 7 nitrogen and oxygen atoms in total. The van der Waals surface area contributed by atoms with Crippen molar-refractivity contribution in [2.24, 2.45) is 11.7 Å². The maximum absolute atomic E-state index is 12.5. The number of rotatable bonds is 6. The molecule has 136 valence electrons. The Balaban J connectivity index is 2.00. The Bertz CT molecular complexity index is 773. The summed E-state index contributed by atoms with van der Waals surface area (Å²) in [6.07, 6.45) is 0. The molecule has 0 radical (unpaired) electrons. The first-order chi connectivity index (χ1) is 12.4. The molecule has 0 saturated carbocycles. The van der Waals surface area contributed by atoms with Gasteiger partial charge in [0.1, 0.15) is 6.04 Å². The molecule has 0 spiro atoms. The third kappa shape index (κ3) is 5.34. The fraction of sp³-hybridized carbons (Fsp3) is 0.211. The van der Waals surface area contributed by atoms with Crippen molar-refractivity contribution < 1.29 is 14.4 Å². The first-order valence-corrected chi connectivity index (χ1v) is 8.20. The second-order valence-corrected chi connectivity index (χ2v) is 6.12. The quantitative estimate of drug-likeness (QED) is 0.639. The Morgan fingerprint density at radius 3 is 1.96 bits per heavy atom. The molecule has 0 fully saturated rings. The van der Waals surface area contributed by atoms with Crippen LogP contribution in [0.3, 0.4) is 0 Å². The van der Waals surface area contributed by atoms with E-state index >= 15 is 0 Å². The number of carbonyl (C=O) groups excluding carboxylic acids is 3. The second-order valence-electron chi connectivity index (χ2n) is 6.12. The van der Waals surface area contributed by atoms with Crippen LogP contribution >= 0.6 is 0 Å². The summed E-state index contributed by atoms with van der Waals surface area (Å²) in [5, 5.41) is 8.09. The fourth-order valence-corrected chi connectivity index (χ4v) is 2.30. The summed E-state index contributed by atoms with van der Waals surface area (Å²) in [4.78, 5) is 35.7. The maximum Gasteiger partial charge on any atom is 0.319 e. The number of urea groups is 1. The molecule has 7 heteroatoms. The number of para-hydroxylation sites is 1. The van der Waals surface area contributed by atoms with E-state index in [1.807, 2.05) is 19.9 Å². The topological polar surface area (TPSA) is 113 Å². The van der Waals surface area contributed by atoms with E-state index in [9.17, 15) is 14.4 Å². The zero-order chi connectivity index (χ0) is 19.1. The van der Waals surface area contributed by atoms with E-state index in [-0.39, 0.29) is 11.8 Å². The van der Waals surface area contributed by atoms with Crippen LogP contribution in [-0.4, -0.2) is 23.9 Å². The lowest BCUT2D eigenvalue weighted by atomic mass is 10.0. The predicted octanol–water partition coefficient (Wildman–Crippen LogP) is 2.57. The highest BCUT2D eigenvalue weighted by molar-refractivity contribution is 6.00. The molecular formula is C19H22N4O3. The number of anilines is 2. The zero-order valence-electron chi connectivity index (χ0n) is 14.7. The van der Waals surface area contributed by atoms with Gasteiger partial charge in [0.15, 0.2) is 0 Å². The molecule has 0 aliphatic rings. The standard InChI is InChI=1S/C19H22N4O3/c1-12(2)16(23-19(26)22-14-6-4-3-5-7-14)18(25)21-15-10-8-13(9-11-15)17(20)24/h3-12,16H,1-2H3,(H2,20,24)(H,21,25)(H2,22,23,26). The summed E-state index contributed by atoms with van der Waals surface area (Å²) in [5.41, 5.74) is 6.69. The van der Waals surface area contributed by atoms with Gasteiger partial charge in [-0.3, -0.25) is 9.59 Å². The average Bonchev–Trinajstić information content (AvgIpc) is 2.60. The maximum atomic E-state index is 12.5. The molecule has 1 unspecified atom stereocenters. The van der Waals surface area contributed by atoms with E-state index in [4.69, 9.17) is 5.73 Å². The van der Waals surface area contributed by atoms with Gasteiger partial charge < -0.3 is 21.7 Å². The number of hydrogen-bond acceptors (Lipinski definition) is 3. The van der Waals surface area contributed by atoms with Gasteiger partial charge in [-0.05, 0) is 42.3 Å². The van der Waals surface area contributed by atoms with E-state index in [2.05, 4.69) is 16.0 Å². The summed E-state index contributed by atoms with van der Waals surface area (Å²) in [6.45, 7) is 3.67. The van der Waals surface area contributed by atoms with Crippen LogP contribution in [0.5, 0.6) is 0 Å². The lowest BCUT2D eigenvalue weighted by Crippen LogP contribution is -2.48. The van der Waals surface area contributed by atoms with Crippen molar-refractivity contribution in [1.29, 1.82) is 0 Å². The molecule has 5 N–H and O–H groups in total. The number of nitrogens with two attached hydrogens (primary N) is 1. The van der Waals surface area contributed by atoms with Crippen molar-refractivity contribution in [3.8, 4) is 0 Å². The molecular weight excluding hydrogens is 332 g/mol. The number of nitrogens with one attached hydrogen (secondary N) is 3. The molecule has 0 saturated heterocycles. The van der Waals surface area contributed by atoms with Crippen molar-refractivity contribution in [1.82, 2.24) is 5.32 Å². The Morgan fingerprint density at radius 2 is 1.42 bits per heavy atom. The van der Waals surface area contributed by atoms with E-state index < -0.39 is 18.0 Å². The van der Waals surface area contributed by atoms with Crippen LogP contribution in [-0.2, 0) is 4.79 Å². The van der Waals surface area contributed by atoms with Crippen LogP contribution in [0.25, 0.3) is 0 Å². The number of benzene rings is 2. The smallest absolute Gasteiger partial charge is 0.319 e. The SMILES string of the molecule is CC(C)C(NC(=O)Nc1ccccc1)C(=O)Nc1ccc(C(N)=O)cc1. The molecule has 26 heavy (non-hydrogen) atoms. The van der Waals surface area contributed by atoms with E-state index in [1.165, 1.54) is 12.1 Å². The Hall–Kier alpha value is -3.35. The van der Waals surface area contributed by atoms with E-state index in [1.54, 1.807) is 36.4 Å². The Kier molecular flexibility index (Phi) is 6.32. The molecule has 0 bridgehead atoms. The Labute approximate surface area is 152 Å². The number of primary amides is 1. The van der Waals surface area contributed by atoms with Crippen LogP contribution < -0.4 is 21.7 Å². The van der Waals surface area contributed by atoms with E-state index in [0.717, 1.165) is 0 Å². The third-order valence-electron chi connectivity index (χ3n) is 3.70. The van der Waals surface area contributed by atoms with Gasteiger partial charge in [-0.2, -0.15) is 0 Å². The average molecular weight is 354 g/mol. The largest absolute Gasteiger partial charge is 0.366 e. The molecule has 2 aromatic carbocycles. The van der Waals surface area contributed by atoms with Crippen molar-refractivity contribution in [2.75, 3.05) is 10.6 Å². The minimum Gasteiger partial charge on any atom is -0.366 e. The fourth-order valence-electron chi connectivity index (χ4n) is 2.30. The van der Waals surface area contributed by atoms with Gasteiger partial charge in [0, 0.05) is 16.9 Å². The molecule has 0 heterocycles. The summed E-state index contributed by atoms with van der Waals surface area (Å²) in [7, 11) is 0. The van der Waals surface area contributed by atoms with Gasteiger partial charge >= 0.3 is 6.03 Å². The minimum absolute atomic E-state index is 0.124. The minimum atomic E-state index is -0.727. The summed E-state index contributed by atoms with van der Waals surface area (Å²) in [5.74, 6) is -1.02. The highest BCUT2D eigenvalue weighted by Gasteiger charge is 2.24. The van der Waals surface area contributed by atoms with Crippen LogP contribution in [0.1, 0.15) is 24.2 Å². The number of carbonyl (C=O) groups is 3. The zero-order valence-corrected chi connectivity index (χ0v) is 14.7. The lowest BCUT2D eigenvalue weighted by molar-refractivity contribution is -0.118. The van der Waals surface area contributed by atoms with Crippen LogP contribution in [0.4, 0.5) is 16.2 Å². The van der Waals surface area contributed by atoms with Crippen molar-refractivity contribution >= 4 is 29.2 Å². The van der Waals surface area contributed by atoms with Crippen molar-refractivity contribution in [3.63, 3.8) is 0 Å². The molecule has 4 amide bonds. The van der Waals surface area contributed by atoms with Gasteiger partial charge in [-0.15, -0.1) is 0 Å². The van der Waals surface area contributed by atoms with Gasteiger partial charge in [-0.25, -0.2) is 4.79 Å². The van der Waals surface area contributed by atoms with Gasteiger partial charge in [0.2, 0.25) is 11.8 Å². The second kappa shape index (κ2) is 8.66. The van der Waals surface area contributed by atoms with E-state index in [0.29, 0.717) is 16.9 Å². The normalized spacial score (nSPS) is 11.5. The van der Waals surface area contributed by atoms with Gasteiger partial charge in [0.25, 0.3) is 0 Å². The lowest BCUT2D eigenvalue weighted by Gasteiger charge is -2.22. The molecule has 0 aliphatic heterocycles. The summed E-state index contributed by atoms with van der Waals surface area (Å²) >= 11 is 0. The summed E-state index contributed by atoms with van der Waals surface area (Å²) < 4.78 is 0. The first kappa shape index (κ1) is 19.0. The van der Waals surface area contributed by atoms with Gasteiger partial charge in [-0.1, -0.05) is 32.0 Å². The summed E-state index contributed by atoms with van der Waals surface area (Å²) in [6, 6.07) is 14.0. The van der Waals surface area contributed by atoms with Crippen LogP contribution in [0.15, 0.2) is 54.6 Å². The Morgan fingerprint density at radius 1 is 0.846 bits per heavy atom. The molecule has 2 aromatic rings. The number of hydrogen-bond donors (Lipinski definition) is 4.